The molecule has 2 fully saturated rings. The van der Waals surface area contributed by atoms with Crippen LogP contribution in [0.5, 0.6) is 23.0 Å². The number of para-hydroxylation sites is 2. The first-order valence-electron chi connectivity index (χ1n) is 16.2. The number of aliphatic imine (C=N–C) groups is 2. The topological polar surface area (TPSA) is 90.1 Å². The van der Waals surface area contributed by atoms with Crippen LogP contribution in [0.15, 0.2) is 70.6 Å². The van der Waals surface area contributed by atoms with E-state index in [0.29, 0.717) is 47.2 Å². The number of hydrogen-bond donors (Lipinski definition) is 2. The van der Waals surface area contributed by atoms with Crippen LogP contribution in [0, 0.1) is 0 Å². The van der Waals surface area contributed by atoms with E-state index in [1.807, 2.05) is 36.4 Å². The van der Waals surface area contributed by atoms with Crippen LogP contribution < -0.4 is 9.47 Å². The van der Waals surface area contributed by atoms with Crippen molar-refractivity contribution in [1.82, 2.24) is 9.80 Å². The van der Waals surface area contributed by atoms with Crippen molar-refractivity contribution in [2.45, 2.75) is 51.4 Å². The Morgan fingerprint density at radius 2 is 1.02 bits per heavy atom. The van der Waals surface area contributed by atoms with Crippen molar-refractivity contribution in [3.8, 4) is 23.0 Å². The highest BCUT2D eigenvalue weighted by atomic mass is 16.5. The SMILES string of the molecule is Oc1cc(OCCCN2CCCCC2)ccc1C=Nc1ccccc1N=Cc1ccc(OCCCN2CCCCC2)cc1O. The molecule has 8 nitrogen and oxygen atoms in total. The molecule has 0 saturated carbocycles. The molecule has 0 aromatic heterocycles. The van der Waals surface area contributed by atoms with Crippen molar-refractivity contribution in [3.63, 3.8) is 0 Å². The first-order valence-corrected chi connectivity index (χ1v) is 16.2. The quantitative estimate of drug-likeness (QED) is 0.152. The molecule has 0 atom stereocenters. The van der Waals surface area contributed by atoms with E-state index in [2.05, 4.69) is 19.8 Å². The number of piperidine rings is 2. The van der Waals surface area contributed by atoms with Crippen LogP contribution in [0.4, 0.5) is 11.4 Å². The van der Waals surface area contributed by atoms with Gasteiger partial charge in [-0.1, -0.05) is 25.0 Å². The van der Waals surface area contributed by atoms with E-state index in [-0.39, 0.29) is 11.5 Å². The summed E-state index contributed by atoms with van der Waals surface area (Å²) in [5.74, 6) is 1.53. The second-order valence-electron chi connectivity index (χ2n) is 11.7. The number of likely N-dealkylation sites (tertiary alicyclic amines) is 2. The third-order valence-electron chi connectivity index (χ3n) is 8.24. The van der Waals surface area contributed by atoms with Crippen LogP contribution in [0.2, 0.25) is 0 Å². The Hall–Kier alpha value is -3.88. The average molecular weight is 599 g/mol. The molecule has 0 unspecified atom stereocenters. The summed E-state index contributed by atoms with van der Waals surface area (Å²) < 4.78 is 11.7. The van der Waals surface area contributed by atoms with Crippen molar-refractivity contribution < 1.29 is 19.7 Å². The highest BCUT2D eigenvalue weighted by molar-refractivity contribution is 5.89. The molecule has 2 aliphatic heterocycles. The van der Waals surface area contributed by atoms with Gasteiger partial charge in [-0.05, 0) is 101 Å². The summed E-state index contributed by atoms with van der Waals surface area (Å²) in [6, 6.07) is 18.1. The molecule has 3 aromatic rings. The number of benzene rings is 3. The molecular formula is C36H46N4O4. The molecule has 2 N–H and O–H groups in total. The van der Waals surface area contributed by atoms with Gasteiger partial charge in [0.15, 0.2) is 0 Å². The minimum atomic E-state index is 0.113. The Kier molecular flexibility index (Phi) is 12.1. The van der Waals surface area contributed by atoms with E-state index in [4.69, 9.17) is 9.47 Å². The molecule has 0 bridgehead atoms. The number of nitrogens with zero attached hydrogens (tertiary/aromatic N) is 4. The van der Waals surface area contributed by atoms with Gasteiger partial charge in [-0.2, -0.15) is 0 Å². The van der Waals surface area contributed by atoms with Gasteiger partial charge in [-0.25, -0.2) is 0 Å². The predicted molar refractivity (Wildman–Crippen MR) is 178 cm³/mol. The molecule has 234 valence electrons. The number of aromatic hydroxyl groups is 2. The second kappa shape index (κ2) is 16.8. The Labute approximate surface area is 261 Å². The molecule has 2 saturated heterocycles. The molecule has 2 aliphatic rings. The third kappa shape index (κ3) is 9.82. The number of hydrogen-bond acceptors (Lipinski definition) is 8. The summed E-state index contributed by atoms with van der Waals surface area (Å²) in [6.45, 7) is 8.10. The summed E-state index contributed by atoms with van der Waals surface area (Å²) in [5.41, 5.74) is 2.48. The van der Waals surface area contributed by atoms with Crippen molar-refractivity contribution >= 4 is 23.8 Å². The van der Waals surface area contributed by atoms with Crippen LogP contribution in [-0.4, -0.2) is 84.9 Å². The largest absolute Gasteiger partial charge is 0.507 e. The Bertz CT molecular complexity index is 1280. The van der Waals surface area contributed by atoms with Gasteiger partial charge in [-0.3, -0.25) is 9.98 Å². The fraction of sp³-hybridized carbons (Fsp3) is 0.444. The lowest BCUT2D eigenvalue weighted by molar-refractivity contribution is 0.205. The highest BCUT2D eigenvalue weighted by Gasteiger charge is 2.11. The smallest absolute Gasteiger partial charge is 0.128 e. The van der Waals surface area contributed by atoms with Crippen molar-refractivity contribution in [3.05, 3.63) is 71.8 Å². The van der Waals surface area contributed by atoms with Crippen molar-refractivity contribution in [2.75, 3.05) is 52.5 Å². The van der Waals surface area contributed by atoms with E-state index in [0.717, 1.165) is 25.9 Å². The number of rotatable bonds is 14. The molecule has 0 spiro atoms. The van der Waals surface area contributed by atoms with E-state index >= 15 is 0 Å². The maximum atomic E-state index is 10.6. The lowest BCUT2D eigenvalue weighted by Crippen LogP contribution is -2.31. The standard InChI is InChI=1S/C36H46N4O4/c41-35-25-31(43-23-9-21-39-17-5-1-6-18-39)15-13-29(35)27-37-33-11-3-4-12-34(33)38-28-30-14-16-32(26-36(30)42)44-24-10-22-40-19-7-2-8-20-40/h3-4,11-16,25-28,41-42H,1-2,5-10,17-24H2. The summed E-state index contributed by atoms with van der Waals surface area (Å²) >= 11 is 0. The molecule has 0 radical (unpaired) electrons. The van der Waals surface area contributed by atoms with Crippen LogP contribution in [0.25, 0.3) is 0 Å². The molecule has 8 heteroatoms. The van der Waals surface area contributed by atoms with Crippen molar-refractivity contribution in [2.24, 2.45) is 9.98 Å². The summed E-state index contributed by atoms with van der Waals surface area (Å²) in [4.78, 5) is 14.2. The van der Waals surface area contributed by atoms with Gasteiger partial charge >= 0.3 is 0 Å². The second-order valence-corrected chi connectivity index (χ2v) is 11.7. The number of phenolic OH excluding ortho intramolecular Hbond substituents is 2. The molecule has 0 amide bonds. The molecular weight excluding hydrogens is 552 g/mol. The minimum Gasteiger partial charge on any atom is -0.507 e. The van der Waals surface area contributed by atoms with Gasteiger partial charge in [0.05, 0.1) is 24.6 Å². The monoisotopic (exact) mass is 598 g/mol. The van der Waals surface area contributed by atoms with Crippen LogP contribution in [0.1, 0.15) is 62.5 Å². The molecule has 2 heterocycles. The van der Waals surface area contributed by atoms with Gasteiger partial charge in [-0.15, -0.1) is 0 Å². The van der Waals surface area contributed by atoms with Crippen LogP contribution >= 0.6 is 0 Å². The highest BCUT2D eigenvalue weighted by Crippen LogP contribution is 2.30. The zero-order valence-electron chi connectivity index (χ0n) is 25.7. The molecule has 0 aliphatic carbocycles. The van der Waals surface area contributed by atoms with E-state index < -0.39 is 0 Å². The normalized spacial score (nSPS) is 16.5. The van der Waals surface area contributed by atoms with E-state index in [9.17, 15) is 10.2 Å². The summed E-state index contributed by atoms with van der Waals surface area (Å²) in [5, 5.41) is 21.2. The maximum absolute atomic E-state index is 10.6. The number of ether oxygens (including phenoxy) is 2. The summed E-state index contributed by atoms with van der Waals surface area (Å²) in [6.07, 6.45) is 13.0. The third-order valence-corrected chi connectivity index (χ3v) is 8.24. The maximum Gasteiger partial charge on any atom is 0.128 e. The fourth-order valence-electron chi connectivity index (χ4n) is 5.73. The van der Waals surface area contributed by atoms with Crippen molar-refractivity contribution in [1.29, 1.82) is 0 Å². The van der Waals surface area contributed by atoms with Gasteiger partial charge in [0, 0.05) is 48.8 Å². The van der Waals surface area contributed by atoms with Gasteiger partial charge < -0.3 is 29.5 Å². The lowest BCUT2D eigenvalue weighted by atomic mass is 10.1. The minimum absolute atomic E-state index is 0.113. The van der Waals surface area contributed by atoms with Crippen LogP contribution in [-0.2, 0) is 0 Å². The molecule has 3 aromatic carbocycles. The fourth-order valence-corrected chi connectivity index (χ4v) is 5.73. The molecule has 5 rings (SSSR count). The van der Waals surface area contributed by atoms with Gasteiger partial charge in [0.1, 0.15) is 23.0 Å². The zero-order chi connectivity index (χ0) is 30.4. The predicted octanol–water partition coefficient (Wildman–Crippen LogP) is 7.11. The molecule has 44 heavy (non-hydrogen) atoms. The van der Waals surface area contributed by atoms with E-state index in [1.54, 1.807) is 36.7 Å². The first kappa shape index (κ1) is 31.5. The zero-order valence-corrected chi connectivity index (χ0v) is 25.7. The Morgan fingerprint density at radius 1 is 0.591 bits per heavy atom. The first-order chi connectivity index (χ1) is 21.6. The average Bonchev–Trinajstić information content (AvgIpc) is 3.06. The Balaban J connectivity index is 1.12. The van der Waals surface area contributed by atoms with Crippen LogP contribution in [0.3, 0.4) is 0 Å². The lowest BCUT2D eigenvalue weighted by Gasteiger charge is -2.26. The van der Waals surface area contributed by atoms with E-state index in [1.165, 1.54) is 64.7 Å². The summed E-state index contributed by atoms with van der Waals surface area (Å²) in [7, 11) is 0. The van der Waals surface area contributed by atoms with Gasteiger partial charge in [0.2, 0.25) is 0 Å². The van der Waals surface area contributed by atoms with Gasteiger partial charge in [0.25, 0.3) is 0 Å². The Morgan fingerprint density at radius 3 is 1.43 bits per heavy atom. The number of phenols is 2.